The first kappa shape index (κ1) is 15.3. The Hall–Kier alpha value is -1.10. The Morgan fingerprint density at radius 3 is 2.30 bits per heavy atom. The third-order valence-electron chi connectivity index (χ3n) is 3.99. The van der Waals surface area contributed by atoms with E-state index in [1.165, 1.54) is 25.7 Å². The van der Waals surface area contributed by atoms with Crippen molar-refractivity contribution in [2.45, 2.75) is 71.4 Å². The van der Waals surface area contributed by atoms with E-state index in [1.54, 1.807) is 0 Å². The summed E-state index contributed by atoms with van der Waals surface area (Å²) in [7, 11) is 0. The van der Waals surface area contributed by atoms with Crippen LogP contribution in [0.2, 0.25) is 0 Å². The molecule has 2 atom stereocenters. The molecule has 2 N–H and O–H groups in total. The maximum atomic E-state index is 4.77. The van der Waals surface area contributed by atoms with Crippen LogP contribution in [0.3, 0.4) is 0 Å². The molecule has 2 rings (SSSR count). The Kier molecular flexibility index (Phi) is 5.40. The minimum atomic E-state index is 0.489. The molecule has 1 saturated heterocycles. The molecule has 0 aliphatic carbocycles. The van der Waals surface area contributed by atoms with Crippen molar-refractivity contribution >= 4 is 5.95 Å². The number of aromatic amines is 1. The summed E-state index contributed by atoms with van der Waals surface area (Å²) in [6.45, 7) is 10.9. The van der Waals surface area contributed by atoms with Gasteiger partial charge in [-0.05, 0) is 26.7 Å². The van der Waals surface area contributed by atoms with Gasteiger partial charge in [-0.2, -0.15) is 4.98 Å². The van der Waals surface area contributed by atoms with Crippen LogP contribution in [0.4, 0.5) is 5.95 Å². The van der Waals surface area contributed by atoms with E-state index in [1.807, 2.05) is 0 Å². The summed E-state index contributed by atoms with van der Waals surface area (Å²) in [5, 5.41) is 11.2. The second-order valence-electron chi connectivity index (χ2n) is 6.17. The quantitative estimate of drug-likeness (QED) is 0.840. The molecule has 20 heavy (non-hydrogen) atoms. The van der Waals surface area contributed by atoms with E-state index >= 15 is 0 Å². The SMILES string of the molecule is CCCC(CCC)c1nc(N2CC(C)NC(C)C2)n[nH]1. The number of nitrogens with one attached hydrogen (secondary N) is 2. The van der Waals surface area contributed by atoms with Gasteiger partial charge in [0.15, 0.2) is 0 Å². The van der Waals surface area contributed by atoms with Crippen molar-refractivity contribution in [3.05, 3.63) is 5.82 Å². The van der Waals surface area contributed by atoms with E-state index in [4.69, 9.17) is 4.98 Å². The monoisotopic (exact) mass is 279 g/mol. The third-order valence-corrected chi connectivity index (χ3v) is 3.99. The molecule has 114 valence electrons. The zero-order chi connectivity index (χ0) is 14.5. The summed E-state index contributed by atoms with van der Waals surface area (Å²) < 4.78 is 0. The highest BCUT2D eigenvalue weighted by Crippen LogP contribution is 2.25. The molecule has 5 heteroatoms. The first-order valence-electron chi connectivity index (χ1n) is 8.07. The molecule has 0 amide bonds. The van der Waals surface area contributed by atoms with Gasteiger partial charge < -0.3 is 10.2 Å². The van der Waals surface area contributed by atoms with E-state index in [2.05, 4.69) is 48.1 Å². The van der Waals surface area contributed by atoms with E-state index in [-0.39, 0.29) is 0 Å². The predicted molar refractivity (Wildman–Crippen MR) is 83.2 cm³/mol. The molecule has 5 nitrogen and oxygen atoms in total. The third kappa shape index (κ3) is 3.72. The average Bonchev–Trinajstić information content (AvgIpc) is 2.87. The summed E-state index contributed by atoms with van der Waals surface area (Å²) in [6, 6.07) is 0.977. The van der Waals surface area contributed by atoms with E-state index in [0.717, 1.165) is 24.9 Å². The largest absolute Gasteiger partial charge is 0.336 e. The summed E-state index contributed by atoms with van der Waals surface area (Å²) in [5.41, 5.74) is 0. The molecule has 1 aliphatic rings. The average molecular weight is 279 g/mol. The van der Waals surface area contributed by atoms with Gasteiger partial charge in [-0.25, -0.2) is 0 Å². The predicted octanol–water partition coefficient (Wildman–Crippen LogP) is 2.68. The van der Waals surface area contributed by atoms with Gasteiger partial charge in [-0.3, -0.25) is 5.10 Å². The van der Waals surface area contributed by atoms with Crippen molar-refractivity contribution in [2.24, 2.45) is 0 Å². The second kappa shape index (κ2) is 7.07. The number of H-pyrrole nitrogens is 1. The Balaban J connectivity index is 2.07. The number of anilines is 1. The Bertz CT molecular complexity index is 387. The molecule has 1 fully saturated rings. The van der Waals surface area contributed by atoms with Gasteiger partial charge in [0.2, 0.25) is 5.95 Å². The number of aromatic nitrogens is 3. The molecule has 1 aromatic heterocycles. The molecule has 0 aromatic carbocycles. The number of nitrogens with zero attached hydrogens (tertiary/aromatic N) is 3. The fourth-order valence-electron chi connectivity index (χ4n) is 3.19. The zero-order valence-electron chi connectivity index (χ0n) is 13.3. The number of hydrogen-bond acceptors (Lipinski definition) is 4. The van der Waals surface area contributed by atoms with Crippen LogP contribution in [0.15, 0.2) is 0 Å². The Morgan fingerprint density at radius 1 is 1.15 bits per heavy atom. The summed E-state index contributed by atoms with van der Waals surface area (Å²) in [4.78, 5) is 7.06. The van der Waals surface area contributed by atoms with E-state index in [0.29, 0.717) is 18.0 Å². The summed E-state index contributed by atoms with van der Waals surface area (Å²) in [6.07, 6.45) is 4.78. The zero-order valence-corrected chi connectivity index (χ0v) is 13.3. The lowest BCUT2D eigenvalue weighted by Crippen LogP contribution is -2.54. The molecule has 1 aliphatic heterocycles. The molecule has 1 aromatic rings. The van der Waals surface area contributed by atoms with Crippen molar-refractivity contribution in [3.8, 4) is 0 Å². The highest BCUT2D eigenvalue weighted by atomic mass is 15.4. The van der Waals surface area contributed by atoms with E-state index in [9.17, 15) is 0 Å². The highest BCUT2D eigenvalue weighted by molar-refractivity contribution is 5.31. The minimum Gasteiger partial charge on any atom is -0.336 e. The standard InChI is InChI=1S/C15H29N5/c1-5-7-13(8-6-2)14-17-15(19-18-14)20-9-11(3)16-12(4)10-20/h11-13,16H,5-10H2,1-4H3,(H,17,18,19). The van der Waals surface area contributed by atoms with Crippen molar-refractivity contribution in [1.82, 2.24) is 20.5 Å². The van der Waals surface area contributed by atoms with Gasteiger partial charge in [0.05, 0.1) is 0 Å². The summed E-state index contributed by atoms with van der Waals surface area (Å²) in [5.74, 6) is 2.48. The molecule has 0 saturated carbocycles. The van der Waals surface area contributed by atoms with Crippen molar-refractivity contribution in [1.29, 1.82) is 0 Å². The number of hydrogen-bond donors (Lipinski definition) is 2. The molecular formula is C15H29N5. The van der Waals surface area contributed by atoms with Crippen LogP contribution in [0.25, 0.3) is 0 Å². The van der Waals surface area contributed by atoms with Crippen LogP contribution in [-0.4, -0.2) is 40.4 Å². The van der Waals surface area contributed by atoms with Gasteiger partial charge in [-0.1, -0.05) is 26.7 Å². The molecule has 2 heterocycles. The number of rotatable bonds is 6. The first-order valence-corrected chi connectivity index (χ1v) is 8.07. The fourth-order valence-corrected chi connectivity index (χ4v) is 3.19. The first-order chi connectivity index (χ1) is 9.63. The number of piperazine rings is 1. The van der Waals surface area contributed by atoms with Gasteiger partial charge in [0.1, 0.15) is 5.82 Å². The van der Waals surface area contributed by atoms with Crippen molar-refractivity contribution in [2.75, 3.05) is 18.0 Å². The molecular weight excluding hydrogens is 250 g/mol. The van der Waals surface area contributed by atoms with Crippen LogP contribution in [0, 0.1) is 0 Å². The molecule has 0 radical (unpaired) electrons. The van der Waals surface area contributed by atoms with Crippen LogP contribution in [-0.2, 0) is 0 Å². The molecule has 0 bridgehead atoms. The highest BCUT2D eigenvalue weighted by Gasteiger charge is 2.24. The topological polar surface area (TPSA) is 56.8 Å². The summed E-state index contributed by atoms with van der Waals surface area (Å²) >= 11 is 0. The molecule has 0 spiro atoms. The van der Waals surface area contributed by atoms with Gasteiger partial charge in [0, 0.05) is 31.1 Å². The lowest BCUT2D eigenvalue weighted by Gasteiger charge is -2.35. The van der Waals surface area contributed by atoms with Crippen LogP contribution >= 0.6 is 0 Å². The maximum absolute atomic E-state index is 4.77. The van der Waals surface area contributed by atoms with Gasteiger partial charge in [-0.15, -0.1) is 5.10 Å². The van der Waals surface area contributed by atoms with Crippen LogP contribution in [0.5, 0.6) is 0 Å². The normalized spacial score (nSPS) is 23.6. The minimum absolute atomic E-state index is 0.489. The maximum Gasteiger partial charge on any atom is 0.244 e. The van der Waals surface area contributed by atoms with Gasteiger partial charge >= 0.3 is 0 Å². The Labute approximate surface area is 122 Å². The Morgan fingerprint density at radius 2 is 1.75 bits per heavy atom. The van der Waals surface area contributed by atoms with Crippen molar-refractivity contribution < 1.29 is 0 Å². The van der Waals surface area contributed by atoms with E-state index < -0.39 is 0 Å². The van der Waals surface area contributed by atoms with Gasteiger partial charge in [0.25, 0.3) is 0 Å². The fraction of sp³-hybridized carbons (Fsp3) is 0.867. The van der Waals surface area contributed by atoms with Crippen LogP contribution in [0.1, 0.15) is 65.1 Å². The molecule has 2 unspecified atom stereocenters. The smallest absolute Gasteiger partial charge is 0.244 e. The lowest BCUT2D eigenvalue weighted by molar-refractivity contribution is 0.403. The second-order valence-corrected chi connectivity index (χ2v) is 6.17. The lowest BCUT2D eigenvalue weighted by atomic mass is 9.98. The van der Waals surface area contributed by atoms with Crippen molar-refractivity contribution in [3.63, 3.8) is 0 Å². The van der Waals surface area contributed by atoms with Crippen LogP contribution < -0.4 is 10.2 Å².